The molecule has 0 fully saturated rings. The number of benzene rings is 1. The van der Waals surface area contributed by atoms with Gasteiger partial charge in [-0.2, -0.15) is 0 Å². The second kappa shape index (κ2) is 6.66. The van der Waals surface area contributed by atoms with E-state index in [0.29, 0.717) is 9.92 Å². The summed E-state index contributed by atoms with van der Waals surface area (Å²) in [5, 5.41) is 0.349. The van der Waals surface area contributed by atoms with Gasteiger partial charge in [0.2, 0.25) is 0 Å². The molecule has 0 bridgehead atoms. The van der Waals surface area contributed by atoms with E-state index in [2.05, 4.69) is 4.18 Å². The van der Waals surface area contributed by atoms with Gasteiger partial charge in [0, 0.05) is 18.0 Å². The maximum atomic E-state index is 12.0. The van der Waals surface area contributed by atoms with E-state index in [1.54, 1.807) is 6.07 Å². The third-order valence-corrected chi connectivity index (χ3v) is 2.59. The lowest BCUT2D eigenvalue weighted by Gasteiger charge is -2.10. The fraction of sp³-hybridized carbons (Fsp3) is 0.300. The molecule has 0 heterocycles. The molecule has 1 rings (SSSR count). The van der Waals surface area contributed by atoms with Crippen molar-refractivity contribution in [2.45, 2.75) is 18.2 Å². The number of carbonyl (C=O) groups is 1. The van der Waals surface area contributed by atoms with Crippen LogP contribution in [-0.4, -0.2) is 19.0 Å². The van der Waals surface area contributed by atoms with Gasteiger partial charge in [0.1, 0.15) is 12.4 Å². The molecule has 0 aromatic heterocycles. The van der Waals surface area contributed by atoms with Gasteiger partial charge >= 0.3 is 5.97 Å². The largest absolute Gasteiger partial charge is 0.486 e. The molecular weight excluding hydrogens is 274 g/mol. The van der Waals surface area contributed by atoms with E-state index < -0.39 is 19.0 Å². The lowest BCUT2D eigenvalue weighted by molar-refractivity contribution is -0.130. The first-order valence-corrected chi connectivity index (χ1v) is 5.66. The third kappa shape index (κ3) is 5.23. The van der Waals surface area contributed by atoms with E-state index in [1.165, 1.54) is 19.1 Å². The average Bonchev–Trinajstić information content (AvgIpc) is 2.24. The Morgan fingerprint density at radius 1 is 1.53 bits per heavy atom. The molecule has 0 saturated carbocycles. The van der Waals surface area contributed by atoms with E-state index in [0.717, 1.165) is 12.0 Å². The van der Waals surface area contributed by atoms with Crippen molar-refractivity contribution in [3.63, 3.8) is 0 Å². The molecule has 17 heavy (non-hydrogen) atoms. The summed E-state index contributed by atoms with van der Waals surface area (Å²) < 4.78 is 33.6. The number of carbonyl (C=O) groups excluding carboxylic acids is 1. The average molecular weight is 283 g/mol. The molecule has 1 aromatic rings. The predicted octanol–water partition coefficient (Wildman–Crippen LogP) is 3.55. The van der Waals surface area contributed by atoms with E-state index in [-0.39, 0.29) is 5.75 Å². The maximum Gasteiger partial charge on any atom is 0.315 e. The van der Waals surface area contributed by atoms with Gasteiger partial charge in [-0.05, 0) is 12.1 Å². The van der Waals surface area contributed by atoms with Crippen molar-refractivity contribution in [1.29, 1.82) is 0 Å². The fourth-order valence-electron chi connectivity index (χ4n) is 0.920. The number of ether oxygens (including phenoxy) is 1. The molecule has 0 spiro atoms. The van der Waals surface area contributed by atoms with Crippen LogP contribution in [0.25, 0.3) is 0 Å². The van der Waals surface area contributed by atoms with Crippen LogP contribution < -0.4 is 4.74 Å². The second-order valence-electron chi connectivity index (χ2n) is 2.95. The highest BCUT2D eigenvalue weighted by atomic mass is 35.5. The monoisotopic (exact) mass is 282 g/mol. The zero-order valence-corrected chi connectivity index (χ0v) is 10.4. The van der Waals surface area contributed by atoms with E-state index >= 15 is 0 Å². The van der Waals surface area contributed by atoms with Crippen LogP contribution in [0.5, 0.6) is 5.75 Å². The topological polar surface area (TPSA) is 35.5 Å². The highest BCUT2D eigenvalue weighted by molar-refractivity contribution is 7.95. The Kier molecular flexibility index (Phi) is 5.50. The minimum atomic E-state index is -2.58. The molecular formula is C10H9ClF2O3S. The second-order valence-corrected chi connectivity index (χ2v) is 4.16. The number of hydrogen-bond acceptors (Lipinski definition) is 4. The standard InChI is InChI=1S/C10H9ClF2O3S/c1-6(14)16-17-9-3-2-7(11)4-8(9)15-5-10(12)13/h2-4,10H,5H2,1H3. The molecule has 0 atom stereocenters. The van der Waals surface area contributed by atoms with Crippen molar-refractivity contribution in [1.82, 2.24) is 0 Å². The molecule has 0 aliphatic heterocycles. The van der Waals surface area contributed by atoms with Crippen LogP contribution in [0.15, 0.2) is 23.1 Å². The van der Waals surface area contributed by atoms with Crippen LogP contribution in [0, 0.1) is 0 Å². The van der Waals surface area contributed by atoms with Crippen molar-refractivity contribution in [3.8, 4) is 5.75 Å². The molecule has 3 nitrogen and oxygen atoms in total. The Morgan fingerprint density at radius 2 is 2.24 bits per heavy atom. The minimum absolute atomic E-state index is 0.157. The third-order valence-electron chi connectivity index (χ3n) is 1.52. The fourth-order valence-corrected chi connectivity index (χ4v) is 1.61. The van der Waals surface area contributed by atoms with Gasteiger partial charge in [-0.1, -0.05) is 11.6 Å². The van der Waals surface area contributed by atoms with Gasteiger partial charge in [0.15, 0.2) is 0 Å². The smallest absolute Gasteiger partial charge is 0.315 e. The van der Waals surface area contributed by atoms with Gasteiger partial charge in [0.25, 0.3) is 6.43 Å². The number of hydrogen-bond donors (Lipinski definition) is 0. The Bertz CT molecular complexity index is 401. The quantitative estimate of drug-likeness (QED) is 0.774. The molecule has 0 amide bonds. The first kappa shape index (κ1) is 14.1. The van der Waals surface area contributed by atoms with Crippen molar-refractivity contribution >= 4 is 29.6 Å². The molecule has 0 saturated heterocycles. The Balaban J connectivity index is 2.76. The first-order chi connectivity index (χ1) is 7.99. The van der Waals surface area contributed by atoms with Gasteiger partial charge in [0.05, 0.1) is 16.9 Å². The first-order valence-electron chi connectivity index (χ1n) is 4.54. The lowest BCUT2D eigenvalue weighted by Crippen LogP contribution is -2.07. The molecule has 1 aromatic carbocycles. The SMILES string of the molecule is CC(=O)OSc1ccc(Cl)cc1OCC(F)F. The Labute approximate surface area is 106 Å². The molecule has 94 valence electrons. The van der Waals surface area contributed by atoms with Crippen molar-refractivity contribution in [2.24, 2.45) is 0 Å². The van der Waals surface area contributed by atoms with Crippen LogP contribution in [0.1, 0.15) is 6.92 Å². The van der Waals surface area contributed by atoms with Crippen molar-refractivity contribution in [2.75, 3.05) is 6.61 Å². The molecule has 0 unspecified atom stereocenters. The summed E-state index contributed by atoms with van der Waals surface area (Å²) in [5.74, 6) is -0.339. The van der Waals surface area contributed by atoms with Gasteiger partial charge < -0.3 is 8.92 Å². The lowest BCUT2D eigenvalue weighted by atomic mass is 10.3. The zero-order valence-electron chi connectivity index (χ0n) is 8.78. The van der Waals surface area contributed by atoms with Crippen LogP contribution in [-0.2, 0) is 8.98 Å². The van der Waals surface area contributed by atoms with Crippen LogP contribution in [0.4, 0.5) is 8.78 Å². The summed E-state index contributed by atoms with van der Waals surface area (Å²) in [6, 6.07) is 4.45. The Morgan fingerprint density at radius 3 is 2.82 bits per heavy atom. The number of halogens is 3. The van der Waals surface area contributed by atoms with Crippen LogP contribution >= 0.6 is 23.6 Å². The van der Waals surface area contributed by atoms with Gasteiger partial charge in [-0.25, -0.2) is 8.78 Å². The minimum Gasteiger partial charge on any atom is -0.486 e. The molecule has 0 aliphatic carbocycles. The number of alkyl halides is 2. The summed E-state index contributed by atoms with van der Waals surface area (Å²) >= 11 is 6.45. The zero-order chi connectivity index (χ0) is 12.8. The van der Waals surface area contributed by atoms with Crippen molar-refractivity contribution in [3.05, 3.63) is 23.2 Å². The predicted molar refractivity (Wildman–Crippen MR) is 60.6 cm³/mol. The van der Waals surface area contributed by atoms with Gasteiger partial charge in [-0.15, -0.1) is 0 Å². The van der Waals surface area contributed by atoms with Crippen molar-refractivity contribution < 1.29 is 22.5 Å². The highest BCUT2D eigenvalue weighted by Crippen LogP contribution is 2.32. The Hall–Kier alpha value is -1.01. The number of rotatable bonds is 5. The summed E-state index contributed by atoms with van der Waals surface area (Å²) in [5.41, 5.74) is 0. The molecule has 0 N–H and O–H groups in total. The van der Waals surface area contributed by atoms with E-state index in [9.17, 15) is 13.6 Å². The van der Waals surface area contributed by atoms with Crippen LogP contribution in [0.2, 0.25) is 5.02 Å². The summed E-state index contributed by atoms with van der Waals surface area (Å²) in [7, 11) is 0. The summed E-state index contributed by atoms with van der Waals surface area (Å²) in [6.07, 6.45) is -2.58. The molecule has 0 radical (unpaired) electrons. The van der Waals surface area contributed by atoms with Crippen LogP contribution in [0.3, 0.4) is 0 Å². The summed E-state index contributed by atoms with van der Waals surface area (Å²) in [4.78, 5) is 11.0. The normalized spacial score (nSPS) is 10.4. The van der Waals surface area contributed by atoms with E-state index in [1.807, 2.05) is 0 Å². The van der Waals surface area contributed by atoms with Gasteiger partial charge in [-0.3, -0.25) is 4.79 Å². The molecule has 7 heteroatoms. The maximum absolute atomic E-state index is 12.0. The summed E-state index contributed by atoms with van der Waals surface area (Å²) in [6.45, 7) is 0.497. The highest BCUT2D eigenvalue weighted by Gasteiger charge is 2.11. The van der Waals surface area contributed by atoms with E-state index in [4.69, 9.17) is 16.3 Å². The molecule has 0 aliphatic rings.